The first-order chi connectivity index (χ1) is 11.5. The molecule has 1 N–H and O–H groups in total. The van der Waals surface area contributed by atoms with Crippen molar-refractivity contribution in [3.63, 3.8) is 0 Å². The number of pyridine rings is 1. The summed E-state index contributed by atoms with van der Waals surface area (Å²) in [6.07, 6.45) is 1.60. The Morgan fingerprint density at radius 1 is 1.38 bits per heavy atom. The number of aromatic nitrogens is 1. The summed E-state index contributed by atoms with van der Waals surface area (Å²) in [5.74, 6) is 0.911. The van der Waals surface area contributed by atoms with Crippen LogP contribution in [0.3, 0.4) is 0 Å². The van der Waals surface area contributed by atoms with Crippen LogP contribution in [-0.4, -0.2) is 47.7 Å². The quantitative estimate of drug-likeness (QED) is 0.847. The number of benzene rings is 1. The predicted octanol–water partition coefficient (Wildman–Crippen LogP) is 3.15. The Hall–Kier alpha value is -1.59. The van der Waals surface area contributed by atoms with E-state index in [2.05, 4.69) is 55.4 Å². The number of hydrogen-bond donors (Lipinski definition) is 1. The molecule has 1 fully saturated rings. The van der Waals surface area contributed by atoms with Crippen LogP contribution in [0.2, 0.25) is 0 Å². The Balaban J connectivity index is 1.54. The molecule has 0 aliphatic carbocycles. The molecular formula is C19H25N3OS. The minimum absolute atomic E-state index is 0.149. The summed E-state index contributed by atoms with van der Waals surface area (Å²) in [5.41, 5.74) is 3.52. The van der Waals surface area contributed by atoms with E-state index in [0.29, 0.717) is 12.5 Å². The average Bonchev–Trinajstić information content (AvgIpc) is 2.93. The zero-order chi connectivity index (χ0) is 17.1. The topological polar surface area (TPSA) is 45.2 Å². The third kappa shape index (κ3) is 4.28. The molecular weight excluding hydrogens is 318 g/mol. The van der Waals surface area contributed by atoms with Crippen molar-refractivity contribution in [2.45, 2.75) is 37.8 Å². The first kappa shape index (κ1) is 17.2. The number of carbonyl (C=O) groups excluding carboxylic acids is 1. The van der Waals surface area contributed by atoms with Gasteiger partial charge in [-0.25, -0.2) is 4.98 Å². The van der Waals surface area contributed by atoms with Crippen LogP contribution in [0, 0.1) is 13.8 Å². The number of aryl methyl sites for hydroxylation is 2. The lowest BCUT2D eigenvalue weighted by molar-refractivity contribution is -0.121. The minimum Gasteiger partial charge on any atom is -0.352 e. The maximum atomic E-state index is 12.0. The zero-order valence-electron chi connectivity index (χ0n) is 14.6. The smallest absolute Gasteiger partial charge is 0.221 e. The Labute approximate surface area is 148 Å². The third-order valence-electron chi connectivity index (χ3n) is 4.48. The van der Waals surface area contributed by atoms with Crippen LogP contribution in [0.1, 0.15) is 24.0 Å². The van der Waals surface area contributed by atoms with Crippen molar-refractivity contribution < 1.29 is 4.79 Å². The molecule has 0 bridgehead atoms. The van der Waals surface area contributed by atoms with Crippen LogP contribution in [0.5, 0.6) is 0 Å². The van der Waals surface area contributed by atoms with Gasteiger partial charge < -0.3 is 10.2 Å². The standard InChI is InChI=1S/C19H25N3OS/c1-13-4-5-17-16(10-13)14(2)11-19(21-17)24-9-7-18(23)20-15-6-8-22(3)12-15/h4-5,10-11,15H,6-9,12H2,1-3H3,(H,20,23)/t15-/m1/s1. The van der Waals surface area contributed by atoms with Gasteiger partial charge in [-0.2, -0.15) is 0 Å². The lowest BCUT2D eigenvalue weighted by Crippen LogP contribution is -2.36. The molecule has 0 spiro atoms. The number of carbonyl (C=O) groups is 1. The Morgan fingerprint density at radius 2 is 2.21 bits per heavy atom. The molecule has 4 nitrogen and oxygen atoms in total. The van der Waals surface area contributed by atoms with Gasteiger partial charge in [0, 0.05) is 30.1 Å². The van der Waals surface area contributed by atoms with Gasteiger partial charge >= 0.3 is 0 Å². The number of likely N-dealkylation sites (tertiary alicyclic amines) is 1. The van der Waals surface area contributed by atoms with Crippen LogP contribution < -0.4 is 5.32 Å². The highest BCUT2D eigenvalue weighted by Gasteiger charge is 2.20. The van der Waals surface area contributed by atoms with Crippen molar-refractivity contribution in [3.05, 3.63) is 35.4 Å². The molecule has 1 aliphatic rings. The molecule has 1 amide bonds. The van der Waals surface area contributed by atoms with Gasteiger partial charge in [-0.05, 0) is 57.6 Å². The second-order valence-corrected chi connectivity index (χ2v) is 7.83. The molecule has 0 unspecified atom stereocenters. The summed E-state index contributed by atoms with van der Waals surface area (Å²) in [4.78, 5) is 19.0. The van der Waals surface area contributed by atoms with Crippen LogP contribution >= 0.6 is 11.8 Å². The number of nitrogens with one attached hydrogen (secondary N) is 1. The largest absolute Gasteiger partial charge is 0.352 e. The van der Waals surface area contributed by atoms with Gasteiger partial charge in [-0.15, -0.1) is 11.8 Å². The summed E-state index contributed by atoms with van der Waals surface area (Å²) in [6, 6.07) is 8.78. The van der Waals surface area contributed by atoms with E-state index in [4.69, 9.17) is 4.98 Å². The van der Waals surface area contributed by atoms with Crippen molar-refractivity contribution in [1.29, 1.82) is 0 Å². The van der Waals surface area contributed by atoms with Gasteiger partial charge in [0.25, 0.3) is 0 Å². The molecule has 1 atom stereocenters. The summed E-state index contributed by atoms with van der Waals surface area (Å²) in [6.45, 7) is 6.25. The van der Waals surface area contributed by atoms with Crippen molar-refractivity contribution in [1.82, 2.24) is 15.2 Å². The summed E-state index contributed by atoms with van der Waals surface area (Å²) >= 11 is 1.66. The molecule has 1 saturated heterocycles. The van der Waals surface area contributed by atoms with E-state index in [9.17, 15) is 4.79 Å². The second kappa shape index (κ2) is 7.53. The van der Waals surface area contributed by atoms with Crippen molar-refractivity contribution in [2.24, 2.45) is 0 Å². The van der Waals surface area contributed by atoms with Gasteiger partial charge in [0.2, 0.25) is 5.91 Å². The number of hydrogen-bond acceptors (Lipinski definition) is 4. The third-order valence-corrected chi connectivity index (χ3v) is 5.40. The maximum absolute atomic E-state index is 12.0. The molecule has 5 heteroatoms. The molecule has 2 aromatic rings. The fraction of sp³-hybridized carbons (Fsp3) is 0.474. The van der Waals surface area contributed by atoms with E-state index in [1.807, 2.05) is 0 Å². The molecule has 3 rings (SSSR count). The van der Waals surface area contributed by atoms with E-state index in [1.165, 1.54) is 16.5 Å². The zero-order valence-corrected chi connectivity index (χ0v) is 15.4. The van der Waals surface area contributed by atoms with Crippen molar-refractivity contribution >= 4 is 28.6 Å². The molecule has 1 aromatic heterocycles. The van der Waals surface area contributed by atoms with Gasteiger partial charge in [-0.1, -0.05) is 11.6 Å². The van der Waals surface area contributed by atoms with Crippen LogP contribution in [0.4, 0.5) is 0 Å². The van der Waals surface area contributed by atoms with Gasteiger partial charge in [-0.3, -0.25) is 4.79 Å². The molecule has 2 heterocycles. The average molecular weight is 343 g/mol. The first-order valence-electron chi connectivity index (χ1n) is 8.50. The van der Waals surface area contributed by atoms with Crippen molar-refractivity contribution in [2.75, 3.05) is 25.9 Å². The Morgan fingerprint density at radius 3 is 2.96 bits per heavy atom. The van der Waals surface area contributed by atoms with Crippen molar-refractivity contribution in [3.8, 4) is 0 Å². The SMILES string of the molecule is Cc1ccc2nc(SCCC(=O)N[C@@H]3CCN(C)C3)cc(C)c2c1. The molecule has 24 heavy (non-hydrogen) atoms. The van der Waals surface area contributed by atoms with E-state index in [-0.39, 0.29) is 5.91 Å². The van der Waals surface area contributed by atoms with E-state index >= 15 is 0 Å². The van der Waals surface area contributed by atoms with Gasteiger partial charge in [0.1, 0.15) is 0 Å². The molecule has 1 aliphatic heterocycles. The summed E-state index contributed by atoms with van der Waals surface area (Å²) in [7, 11) is 2.09. The van der Waals surface area contributed by atoms with Crippen LogP contribution in [0.25, 0.3) is 10.9 Å². The lowest BCUT2D eigenvalue weighted by Gasteiger charge is -2.12. The number of fused-ring (bicyclic) bond motifs is 1. The number of rotatable bonds is 5. The summed E-state index contributed by atoms with van der Waals surface area (Å²) in [5, 5.41) is 5.34. The lowest BCUT2D eigenvalue weighted by atomic mass is 10.1. The molecule has 0 radical (unpaired) electrons. The number of likely N-dealkylation sites (N-methyl/N-ethyl adjacent to an activating group) is 1. The first-order valence-corrected chi connectivity index (χ1v) is 9.48. The monoisotopic (exact) mass is 343 g/mol. The highest BCUT2D eigenvalue weighted by Crippen LogP contribution is 2.25. The van der Waals surface area contributed by atoms with E-state index < -0.39 is 0 Å². The maximum Gasteiger partial charge on any atom is 0.221 e. The Kier molecular flexibility index (Phi) is 5.41. The fourth-order valence-electron chi connectivity index (χ4n) is 3.15. The van der Waals surface area contributed by atoms with E-state index in [0.717, 1.165) is 35.8 Å². The number of amides is 1. The molecule has 0 saturated carbocycles. The van der Waals surface area contributed by atoms with E-state index in [1.54, 1.807) is 11.8 Å². The number of nitrogens with zero attached hydrogens (tertiary/aromatic N) is 2. The highest BCUT2D eigenvalue weighted by molar-refractivity contribution is 7.99. The fourth-order valence-corrected chi connectivity index (χ4v) is 4.07. The molecule has 128 valence electrons. The minimum atomic E-state index is 0.149. The van der Waals surface area contributed by atoms with Gasteiger partial charge in [0.15, 0.2) is 0 Å². The van der Waals surface area contributed by atoms with Crippen LogP contribution in [-0.2, 0) is 4.79 Å². The second-order valence-electron chi connectivity index (χ2n) is 6.71. The predicted molar refractivity (Wildman–Crippen MR) is 101 cm³/mol. The highest BCUT2D eigenvalue weighted by atomic mass is 32.2. The Bertz CT molecular complexity index is 747. The molecule has 1 aromatic carbocycles. The normalized spacial score (nSPS) is 18.2. The van der Waals surface area contributed by atoms with Gasteiger partial charge in [0.05, 0.1) is 10.5 Å². The van der Waals surface area contributed by atoms with Crippen LogP contribution in [0.15, 0.2) is 29.3 Å². The number of thioether (sulfide) groups is 1. The summed E-state index contributed by atoms with van der Waals surface area (Å²) < 4.78 is 0.